The maximum atomic E-state index is 13.0. The fourth-order valence-electron chi connectivity index (χ4n) is 3.11. The minimum absolute atomic E-state index is 0.00683. The molecule has 0 fully saturated rings. The highest BCUT2D eigenvalue weighted by Gasteiger charge is 2.66. The van der Waals surface area contributed by atoms with Crippen LogP contribution in [0.4, 0.5) is 26.3 Å². The van der Waals surface area contributed by atoms with Crippen molar-refractivity contribution in [2.45, 2.75) is 24.5 Å². The van der Waals surface area contributed by atoms with E-state index in [1.54, 1.807) is 0 Å². The van der Waals surface area contributed by atoms with E-state index < -0.39 is 39.0 Å². The highest BCUT2D eigenvalue weighted by Crippen LogP contribution is 2.50. The van der Waals surface area contributed by atoms with E-state index in [2.05, 4.69) is 4.28 Å². The second-order valence-electron chi connectivity index (χ2n) is 7.10. The second kappa shape index (κ2) is 10.9. The minimum atomic E-state index is -6.51. The van der Waals surface area contributed by atoms with Crippen LogP contribution in [0.2, 0.25) is 10.0 Å². The molecule has 0 saturated carbocycles. The zero-order valence-corrected chi connectivity index (χ0v) is 21.5. The molecule has 0 saturated heterocycles. The molecule has 0 amide bonds. The lowest BCUT2D eigenvalue weighted by molar-refractivity contribution is -0.227. The first-order valence-corrected chi connectivity index (χ1v) is 11.8. The number of methoxy groups -OCH3 is 3. The minimum Gasteiger partial charge on any atom is -0.494 e. The Morgan fingerprint density at radius 1 is 0.865 bits per heavy atom. The summed E-state index contributed by atoms with van der Waals surface area (Å²) in [6, 6.07) is 1.78. The van der Waals surface area contributed by atoms with Gasteiger partial charge in [-0.1, -0.05) is 23.2 Å². The van der Waals surface area contributed by atoms with Crippen LogP contribution in [0.25, 0.3) is 12.2 Å². The topological polar surface area (TPSA) is 93.1 Å². The molecule has 0 unspecified atom stereocenters. The van der Waals surface area contributed by atoms with E-state index in [4.69, 9.17) is 37.4 Å². The first kappa shape index (κ1) is 30.4. The van der Waals surface area contributed by atoms with E-state index in [0.717, 1.165) is 24.3 Å². The standard InChI is InChI=1S/C20H17Cl2F6NO7S/c1-9-7-10(5-6-11-15(33-2)13(21)17(35-4)14(22)16(11)34-3)29(12(30)8-9)36-37(31,32)18(19(23,24)25)20(26,27)28/h5-8,18H,1-4H3. The van der Waals surface area contributed by atoms with E-state index in [0.29, 0.717) is 0 Å². The number of pyridine rings is 1. The van der Waals surface area contributed by atoms with Gasteiger partial charge in [0.25, 0.3) is 10.8 Å². The van der Waals surface area contributed by atoms with Crippen LogP contribution >= 0.6 is 23.2 Å². The first-order chi connectivity index (χ1) is 16.9. The SMILES string of the molecule is COc1c(Cl)c(OC)c(C=Cc2cc(C)cc(=O)n2OS(=O)(=O)C(C(F)(F)F)C(F)(F)F)c(OC)c1Cl. The molecule has 0 spiro atoms. The Balaban J connectivity index is 2.76. The molecule has 37 heavy (non-hydrogen) atoms. The number of aromatic nitrogens is 1. The van der Waals surface area contributed by atoms with E-state index in [1.165, 1.54) is 28.3 Å². The van der Waals surface area contributed by atoms with Crippen molar-refractivity contribution >= 4 is 45.5 Å². The van der Waals surface area contributed by atoms with Crippen molar-refractivity contribution < 1.29 is 53.3 Å². The highest BCUT2D eigenvalue weighted by molar-refractivity contribution is 7.87. The number of hydrogen-bond donors (Lipinski definition) is 0. The van der Waals surface area contributed by atoms with Crippen LogP contribution in [0.15, 0.2) is 16.9 Å². The third-order valence-corrected chi connectivity index (χ3v) is 6.70. The summed E-state index contributed by atoms with van der Waals surface area (Å²) in [5.41, 5.74) is -1.79. The van der Waals surface area contributed by atoms with Crippen LogP contribution in [0.5, 0.6) is 17.2 Å². The molecule has 0 radical (unpaired) electrons. The molecule has 0 bridgehead atoms. The summed E-state index contributed by atoms with van der Waals surface area (Å²) in [6.45, 7) is 1.36. The zero-order valence-electron chi connectivity index (χ0n) is 19.1. The van der Waals surface area contributed by atoms with E-state index in [-0.39, 0.29) is 43.2 Å². The Hall–Kier alpha value is -2.78. The Bertz CT molecular complexity index is 1330. The number of halogens is 8. The van der Waals surface area contributed by atoms with Gasteiger partial charge in [0, 0.05) is 6.07 Å². The van der Waals surface area contributed by atoms with Crippen LogP contribution in [0.3, 0.4) is 0 Å². The number of hydrogen-bond acceptors (Lipinski definition) is 7. The van der Waals surface area contributed by atoms with E-state index in [9.17, 15) is 39.6 Å². The summed E-state index contributed by atoms with van der Waals surface area (Å²) in [5.74, 6) is -0.206. The number of ether oxygens (including phenoxy) is 3. The Labute approximate surface area is 216 Å². The fourth-order valence-corrected chi connectivity index (χ4v) is 4.97. The van der Waals surface area contributed by atoms with Gasteiger partial charge in [-0.05, 0) is 30.7 Å². The van der Waals surface area contributed by atoms with Crippen molar-refractivity contribution in [3.63, 3.8) is 0 Å². The summed E-state index contributed by atoms with van der Waals surface area (Å²) >= 11 is 12.4. The third kappa shape index (κ3) is 6.38. The third-order valence-electron chi connectivity index (χ3n) is 4.54. The quantitative estimate of drug-likeness (QED) is 0.398. The van der Waals surface area contributed by atoms with Gasteiger partial charge in [0.05, 0.1) is 32.6 Å². The number of nitrogens with zero attached hydrogens (tertiary/aromatic N) is 1. The first-order valence-electron chi connectivity index (χ1n) is 9.56. The largest absolute Gasteiger partial charge is 0.494 e. The number of benzene rings is 1. The predicted octanol–water partition coefficient (Wildman–Crippen LogP) is 4.91. The lowest BCUT2D eigenvalue weighted by Gasteiger charge is -2.23. The van der Waals surface area contributed by atoms with Gasteiger partial charge in [0.2, 0.25) is 0 Å². The van der Waals surface area contributed by atoms with Crippen LogP contribution in [0.1, 0.15) is 16.8 Å². The van der Waals surface area contributed by atoms with Gasteiger partial charge in [-0.2, -0.15) is 34.8 Å². The average Bonchev–Trinajstić information content (AvgIpc) is 2.72. The summed E-state index contributed by atoms with van der Waals surface area (Å²) in [5, 5.41) is -5.18. The summed E-state index contributed by atoms with van der Waals surface area (Å²) < 4.78 is 122. The fraction of sp³-hybridized carbons (Fsp3) is 0.350. The van der Waals surface area contributed by atoms with Gasteiger partial charge in [0.1, 0.15) is 10.0 Å². The molecule has 0 aliphatic heterocycles. The Morgan fingerprint density at radius 2 is 1.32 bits per heavy atom. The maximum absolute atomic E-state index is 13.0. The van der Waals surface area contributed by atoms with Gasteiger partial charge in [-0.15, -0.1) is 4.73 Å². The number of rotatable bonds is 8. The maximum Gasteiger partial charge on any atom is 0.417 e. The van der Waals surface area contributed by atoms with Gasteiger partial charge >= 0.3 is 22.5 Å². The molecule has 8 nitrogen and oxygen atoms in total. The lowest BCUT2D eigenvalue weighted by atomic mass is 10.1. The summed E-state index contributed by atoms with van der Waals surface area (Å²) in [4.78, 5) is 12.4. The van der Waals surface area contributed by atoms with Crippen LogP contribution in [-0.4, -0.2) is 52.1 Å². The van der Waals surface area contributed by atoms with Gasteiger partial charge < -0.3 is 14.2 Å². The van der Waals surface area contributed by atoms with Crippen molar-refractivity contribution in [3.8, 4) is 17.2 Å². The molecule has 206 valence electrons. The van der Waals surface area contributed by atoms with Crippen molar-refractivity contribution in [2.24, 2.45) is 0 Å². The van der Waals surface area contributed by atoms with Crippen molar-refractivity contribution in [1.82, 2.24) is 4.73 Å². The second-order valence-corrected chi connectivity index (χ2v) is 9.46. The molecule has 2 aromatic rings. The van der Waals surface area contributed by atoms with Crippen LogP contribution < -0.4 is 24.1 Å². The molecule has 0 aliphatic rings. The zero-order chi connectivity index (χ0) is 28.5. The van der Waals surface area contributed by atoms with Gasteiger partial charge in [-0.3, -0.25) is 9.08 Å². The van der Waals surface area contributed by atoms with Gasteiger partial charge in [-0.25, -0.2) is 0 Å². The molecule has 0 atom stereocenters. The van der Waals surface area contributed by atoms with Crippen molar-refractivity contribution in [1.29, 1.82) is 0 Å². The molecule has 1 aromatic heterocycles. The predicted molar refractivity (Wildman–Crippen MR) is 122 cm³/mol. The highest BCUT2D eigenvalue weighted by atomic mass is 35.5. The van der Waals surface area contributed by atoms with Crippen molar-refractivity contribution in [2.75, 3.05) is 21.3 Å². The monoisotopic (exact) mass is 599 g/mol. The van der Waals surface area contributed by atoms with Gasteiger partial charge in [0.15, 0.2) is 17.2 Å². The average molecular weight is 600 g/mol. The summed E-state index contributed by atoms with van der Waals surface area (Å²) in [7, 11) is -2.85. The molecule has 0 N–H and O–H groups in total. The molecular weight excluding hydrogens is 583 g/mol. The lowest BCUT2D eigenvalue weighted by Crippen LogP contribution is -2.52. The number of alkyl halides is 6. The molecule has 17 heteroatoms. The Morgan fingerprint density at radius 3 is 1.73 bits per heavy atom. The molecule has 2 rings (SSSR count). The van der Waals surface area contributed by atoms with Crippen LogP contribution in [-0.2, 0) is 10.1 Å². The molecular formula is C20H17Cl2F6NO7S. The normalized spacial score (nSPS) is 12.8. The smallest absolute Gasteiger partial charge is 0.417 e. The Kier molecular flexibility index (Phi) is 8.98. The molecule has 0 aliphatic carbocycles. The van der Waals surface area contributed by atoms with E-state index >= 15 is 0 Å². The van der Waals surface area contributed by atoms with Crippen molar-refractivity contribution in [3.05, 3.63) is 49.4 Å². The molecule has 1 heterocycles. The molecule has 1 aromatic carbocycles. The van der Waals surface area contributed by atoms with E-state index in [1.807, 2.05) is 0 Å². The number of aryl methyl sites for hydroxylation is 1. The van der Waals surface area contributed by atoms with Crippen LogP contribution in [0, 0.1) is 6.92 Å². The summed E-state index contributed by atoms with van der Waals surface area (Å²) in [6.07, 6.45) is -10.6.